The first-order valence-electron chi connectivity index (χ1n) is 5.65. The predicted molar refractivity (Wildman–Crippen MR) is 67.3 cm³/mol. The molecule has 1 aliphatic rings. The summed E-state index contributed by atoms with van der Waals surface area (Å²) in [5.41, 5.74) is 2.23. The van der Waals surface area contributed by atoms with E-state index in [-0.39, 0.29) is 20.1 Å². The Bertz CT molecular complexity index is 302. The summed E-state index contributed by atoms with van der Waals surface area (Å²) in [6.45, 7) is 8.00. The molecular weight excluding hydrogens is 374 g/mol. The minimum absolute atomic E-state index is 0. The standard InChI is InChI=1S/C10H8N.2C2H6.Ir/c1-2-6-9(5-1)10-7-3-4-8-11-10;2*1-2;/h1-4,7-8H,5H2;2*1-2H3;/q-1;;;. The minimum Gasteiger partial charge on any atom is -0.320 e. The normalized spacial score (nSPS) is 11.1. The van der Waals surface area contributed by atoms with Gasteiger partial charge >= 0.3 is 0 Å². The monoisotopic (exact) mass is 395 g/mol. The van der Waals surface area contributed by atoms with Crippen LogP contribution in [0.2, 0.25) is 0 Å². The van der Waals surface area contributed by atoms with E-state index < -0.39 is 0 Å². The Hall–Kier alpha value is -0.721. The van der Waals surface area contributed by atoms with Crippen LogP contribution >= 0.6 is 0 Å². The third kappa shape index (κ3) is 5.99. The van der Waals surface area contributed by atoms with Crippen LogP contribution < -0.4 is 0 Å². The van der Waals surface area contributed by atoms with Crippen molar-refractivity contribution in [3.05, 3.63) is 48.3 Å². The van der Waals surface area contributed by atoms with E-state index >= 15 is 0 Å². The van der Waals surface area contributed by atoms with E-state index in [1.54, 1.807) is 0 Å². The third-order valence-corrected chi connectivity index (χ3v) is 1.67. The summed E-state index contributed by atoms with van der Waals surface area (Å²) in [5, 5.41) is 0. The molecule has 16 heavy (non-hydrogen) atoms. The first-order chi connectivity index (χ1) is 7.47. The summed E-state index contributed by atoms with van der Waals surface area (Å²) >= 11 is 0. The number of rotatable bonds is 1. The van der Waals surface area contributed by atoms with Crippen molar-refractivity contribution in [3.63, 3.8) is 0 Å². The molecular formula is C14H20IrN-. The summed E-state index contributed by atoms with van der Waals surface area (Å²) in [6.07, 6.45) is 9.96. The third-order valence-electron chi connectivity index (χ3n) is 1.67. The van der Waals surface area contributed by atoms with Crippen molar-refractivity contribution in [2.45, 2.75) is 34.1 Å². The Morgan fingerprint density at radius 3 is 2.25 bits per heavy atom. The molecule has 0 aromatic carbocycles. The van der Waals surface area contributed by atoms with E-state index in [2.05, 4.69) is 17.1 Å². The van der Waals surface area contributed by atoms with Crippen LogP contribution in [0, 0.1) is 6.08 Å². The average Bonchev–Trinajstić information content (AvgIpc) is 2.89. The maximum absolute atomic E-state index is 4.22. The first-order valence-corrected chi connectivity index (χ1v) is 5.65. The number of allylic oxidation sites excluding steroid dienone is 4. The smallest absolute Gasteiger partial charge is 0.0124 e. The number of pyridine rings is 1. The molecule has 0 fully saturated rings. The zero-order valence-electron chi connectivity index (χ0n) is 10.5. The Balaban J connectivity index is 0. The van der Waals surface area contributed by atoms with Crippen molar-refractivity contribution in [1.82, 2.24) is 4.98 Å². The van der Waals surface area contributed by atoms with Crippen LogP contribution in [0.25, 0.3) is 5.57 Å². The van der Waals surface area contributed by atoms with Crippen molar-refractivity contribution < 1.29 is 20.1 Å². The largest absolute Gasteiger partial charge is 0.320 e. The molecule has 0 aliphatic heterocycles. The van der Waals surface area contributed by atoms with Crippen molar-refractivity contribution in [1.29, 1.82) is 0 Å². The predicted octanol–water partition coefficient (Wildman–Crippen LogP) is 4.28. The van der Waals surface area contributed by atoms with Gasteiger partial charge in [0.15, 0.2) is 0 Å². The van der Waals surface area contributed by atoms with Gasteiger partial charge in [-0.05, 0) is 11.8 Å². The topological polar surface area (TPSA) is 12.9 Å². The van der Waals surface area contributed by atoms with E-state index in [4.69, 9.17) is 0 Å². The average molecular weight is 395 g/mol. The quantitative estimate of drug-likeness (QED) is 0.648. The Kier molecular flexibility index (Phi) is 13.6. The van der Waals surface area contributed by atoms with Crippen LogP contribution in [0.5, 0.6) is 0 Å². The van der Waals surface area contributed by atoms with Gasteiger partial charge in [-0.1, -0.05) is 46.2 Å². The van der Waals surface area contributed by atoms with Gasteiger partial charge in [0.25, 0.3) is 0 Å². The molecule has 1 aliphatic carbocycles. The van der Waals surface area contributed by atoms with Gasteiger partial charge in [-0.25, -0.2) is 0 Å². The van der Waals surface area contributed by atoms with E-state index in [0.717, 1.165) is 12.1 Å². The Morgan fingerprint density at radius 2 is 1.81 bits per heavy atom. The molecule has 0 spiro atoms. The molecule has 0 unspecified atom stereocenters. The maximum Gasteiger partial charge on any atom is 0.0124 e. The Morgan fingerprint density at radius 1 is 1.12 bits per heavy atom. The summed E-state index contributed by atoms with van der Waals surface area (Å²) < 4.78 is 0. The summed E-state index contributed by atoms with van der Waals surface area (Å²) in [5.74, 6) is 0. The van der Waals surface area contributed by atoms with Crippen LogP contribution in [0.3, 0.4) is 0 Å². The van der Waals surface area contributed by atoms with Gasteiger partial charge in [0.1, 0.15) is 0 Å². The Labute approximate surface area is 113 Å². The van der Waals surface area contributed by atoms with Crippen molar-refractivity contribution in [2.24, 2.45) is 0 Å². The SMILES string of the molecule is CC.CC.[C-]1=C(c2ccccn2)CC=C1.[Ir]. The molecule has 91 valence electrons. The molecule has 1 nitrogen and oxygen atoms in total. The van der Waals surface area contributed by atoms with Crippen LogP contribution in [0.1, 0.15) is 39.8 Å². The van der Waals surface area contributed by atoms with Gasteiger partial charge in [-0.3, -0.25) is 0 Å². The second-order valence-corrected chi connectivity index (χ2v) is 2.44. The zero-order chi connectivity index (χ0) is 11.5. The summed E-state index contributed by atoms with van der Waals surface area (Å²) in [6, 6.07) is 5.93. The van der Waals surface area contributed by atoms with Gasteiger partial charge in [0.05, 0.1) is 0 Å². The second-order valence-electron chi connectivity index (χ2n) is 2.44. The molecule has 0 bridgehead atoms. The molecule has 2 heteroatoms. The van der Waals surface area contributed by atoms with Gasteiger partial charge in [0, 0.05) is 26.3 Å². The molecule has 1 aromatic heterocycles. The summed E-state index contributed by atoms with van der Waals surface area (Å²) in [4.78, 5) is 4.22. The zero-order valence-corrected chi connectivity index (χ0v) is 12.8. The fourth-order valence-corrected chi connectivity index (χ4v) is 1.12. The number of hydrogen-bond acceptors (Lipinski definition) is 1. The van der Waals surface area contributed by atoms with Crippen molar-refractivity contribution in [3.8, 4) is 0 Å². The molecule has 1 aromatic rings. The summed E-state index contributed by atoms with van der Waals surface area (Å²) in [7, 11) is 0. The molecule has 0 N–H and O–H groups in total. The second kappa shape index (κ2) is 12.3. The first kappa shape index (κ1) is 17.7. The van der Waals surface area contributed by atoms with E-state index in [9.17, 15) is 0 Å². The van der Waals surface area contributed by atoms with Crippen LogP contribution in [-0.4, -0.2) is 4.98 Å². The molecule has 0 saturated heterocycles. The fourth-order valence-electron chi connectivity index (χ4n) is 1.12. The number of hydrogen-bond donors (Lipinski definition) is 0. The van der Waals surface area contributed by atoms with Gasteiger partial charge < -0.3 is 4.98 Å². The number of nitrogens with zero attached hydrogens (tertiary/aromatic N) is 1. The molecule has 0 atom stereocenters. The minimum atomic E-state index is 0. The number of aromatic nitrogens is 1. The van der Waals surface area contributed by atoms with Crippen molar-refractivity contribution in [2.75, 3.05) is 0 Å². The van der Waals surface area contributed by atoms with Gasteiger partial charge in [0.2, 0.25) is 0 Å². The molecule has 1 radical (unpaired) electrons. The molecule has 1 heterocycles. The van der Waals surface area contributed by atoms with Crippen LogP contribution in [0.4, 0.5) is 0 Å². The molecule has 2 rings (SSSR count). The van der Waals surface area contributed by atoms with Gasteiger partial charge in [-0.2, -0.15) is 18.2 Å². The van der Waals surface area contributed by atoms with Crippen molar-refractivity contribution >= 4 is 5.57 Å². The fraction of sp³-hybridized carbons (Fsp3) is 0.357. The van der Waals surface area contributed by atoms with E-state index in [1.165, 1.54) is 5.57 Å². The maximum atomic E-state index is 4.22. The molecule has 0 amide bonds. The van der Waals surface area contributed by atoms with Crippen LogP contribution in [-0.2, 0) is 20.1 Å². The van der Waals surface area contributed by atoms with E-state index in [0.29, 0.717) is 0 Å². The van der Waals surface area contributed by atoms with Crippen LogP contribution in [0.15, 0.2) is 36.5 Å². The van der Waals surface area contributed by atoms with Gasteiger partial charge in [-0.15, -0.1) is 5.57 Å². The van der Waals surface area contributed by atoms with E-state index in [1.807, 2.05) is 58.2 Å². The molecule has 0 saturated carbocycles.